The molecule has 0 spiro atoms. The van der Waals surface area contributed by atoms with Crippen LogP contribution in [0.4, 0.5) is 19.0 Å². The second-order valence-corrected chi connectivity index (χ2v) is 4.11. The maximum Gasteiger partial charge on any atom is 0.433 e. The van der Waals surface area contributed by atoms with Gasteiger partial charge in [-0.05, 0) is 18.6 Å². The highest BCUT2D eigenvalue weighted by Gasteiger charge is 2.34. The summed E-state index contributed by atoms with van der Waals surface area (Å²) in [7, 11) is 0. The number of aromatic nitrogens is 1. The van der Waals surface area contributed by atoms with E-state index in [-0.39, 0.29) is 17.9 Å². The molecule has 7 heteroatoms. The fourth-order valence-electron chi connectivity index (χ4n) is 1.72. The number of nitrogens with zero attached hydrogens (tertiary/aromatic N) is 2. The lowest BCUT2D eigenvalue weighted by atomic mass is 10.2. The molecule has 0 amide bonds. The summed E-state index contributed by atoms with van der Waals surface area (Å²) in [5.41, 5.74) is -1.36. The van der Waals surface area contributed by atoms with Crippen molar-refractivity contribution in [2.24, 2.45) is 0 Å². The number of anilines is 1. The zero-order chi connectivity index (χ0) is 15.3. The third kappa shape index (κ3) is 3.72. The number of hydrogen-bond donors (Lipinski definition) is 1. The maximum atomic E-state index is 12.7. The minimum Gasteiger partial charge on any atom is -0.478 e. The highest BCUT2D eigenvalue weighted by molar-refractivity contribution is 5.93. The average Bonchev–Trinajstić information content (AvgIpc) is 2.36. The molecule has 1 aromatic heterocycles. The largest absolute Gasteiger partial charge is 0.478 e. The number of carboxylic acid groups (broad SMARTS) is 1. The van der Waals surface area contributed by atoms with Crippen LogP contribution in [0.1, 0.15) is 29.4 Å². The van der Waals surface area contributed by atoms with Gasteiger partial charge in [0, 0.05) is 13.1 Å². The zero-order valence-electron chi connectivity index (χ0n) is 10.9. The van der Waals surface area contributed by atoms with Gasteiger partial charge in [-0.1, -0.05) is 13.0 Å². The lowest BCUT2D eigenvalue weighted by Gasteiger charge is -2.24. The van der Waals surface area contributed by atoms with Crippen molar-refractivity contribution in [3.8, 4) is 0 Å². The van der Waals surface area contributed by atoms with Crippen LogP contribution in [0.5, 0.6) is 0 Å². The van der Waals surface area contributed by atoms with Crippen LogP contribution in [-0.4, -0.2) is 29.1 Å². The highest BCUT2D eigenvalue weighted by Crippen LogP contribution is 2.30. The molecule has 0 saturated carbocycles. The lowest BCUT2D eigenvalue weighted by molar-refractivity contribution is -0.141. The Morgan fingerprint density at radius 1 is 1.50 bits per heavy atom. The molecule has 4 nitrogen and oxygen atoms in total. The molecule has 0 aliphatic carbocycles. The molecular weight excluding hydrogens is 273 g/mol. The minimum absolute atomic E-state index is 0.186. The number of pyridine rings is 1. The van der Waals surface area contributed by atoms with E-state index >= 15 is 0 Å². The maximum absolute atomic E-state index is 12.7. The SMILES string of the molecule is C=CCN(CCC)c1nc(C(F)(F)F)ccc1C(=O)O. The van der Waals surface area contributed by atoms with Gasteiger partial charge in [-0.3, -0.25) is 0 Å². The minimum atomic E-state index is -4.61. The molecule has 0 aliphatic heterocycles. The van der Waals surface area contributed by atoms with Crippen molar-refractivity contribution >= 4 is 11.8 Å². The number of hydrogen-bond acceptors (Lipinski definition) is 3. The fraction of sp³-hybridized carbons (Fsp3) is 0.385. The van der Waals surface area contributed by atoms with Crippen molar-refractivity contribution in [3.63, 3.8) is 0 Å². The summed E-state index contributed by atoms with van der Waals surface area (Å²) < 4.78 is 38.1. The summed E-state index contributed by atoms with van der Waals surface area (Å²) in [4.78, 5) is 16.1. The smallest absolute Gasteiger partial charge is 0.433 e. The Morgan fingerprint density at radius 2 is 2.15 bits per heavy atom. The molecule has 1 heterocycles. The normalized spacial score (nSPS) is 11.2. The topological polar surface area (TPSA) is 53.4 Å². The van der Waals surface area contributed by atoms with Crippen LogP contribution in [0, 0.1) is 0 Å². The van der Waals surface area contributed by atoms with Gasteiger partial charge in [-0.25, -0.2) is 9.78 Å². The van der Waals surface area contributed by atoms with E-state index in [1.807, 2.05) is 6.92 Å². The molecule has 0 fully saturated rings. The van der Waals surface area contributed by atoms with Gasteiger partial charge in [0.1, 0.15) is 17.1 Å². The Hall–Kier alpha value is -2.05. The van der Waals surface area contributed by atoms with Gasteiger partial charge in [0.25, 0.3) is 0 Å². The third-order valence-corrected chi connectivity index (χ3v) is 2.54. The van der Waals surface area contributed by atoms with Crippen LogP contribution >= 0.6 is 0 Å². The van der Waals surface area contributed by atoms with E-state index in [4.69, 9.17) is 5.11 Å². The number of halogens is 3. The van der Waals surface area contributed by atoms with Crippen LogP contribution in [0.3, 0.4) is 0 Å². The van der Waals surface area contributed by atoms with Gasteiger partial charge in [0.15, 0.2) is 0 Å². The molecule has 0 bridgehead atoms. The van der Waals surface area contributed by atoms with Gasteiger partial charge in [-0.2, -0.15) is 13.2 Å². The standard InChI is InChI=1S/C13H15F3N2O2/c1-3-7-18(8-4-2)11-9(12(19)20)5-6-10(17-11)13(14,15)16/h3,5-6H,1,4,7-8H2,2H3,(H,19,20). The molecule has 0 atom stereocenters. The Kier molecular flexibility index (Phi) is 5.12. The van der Waals surface area contributed by atoms with Crippen LogP contribution < -0.4 is 4.90 Å². The first-order valence-electron chi connectivity index (χ1n) is 5.98. The van der Waals surface area contributed by atoms with E-state index in [0.29, 0.717) is 19.0 Å². The molecule has 0 radical (unpaired) electrons. The van der Waals surface area contributed by atoms with E-state index in [1.165, 1.54) is 11.0 Å². The van der Waals surface area contributed by atoms with E-state index in [1.54, 1.807) is 0 Å². The van der Waals surface area contributed by atoms with Crippen LogP contribution in [0.15, 0.2) is 24.8 Å². The summed E-state index contributed by atoms with van der Waals surface area (Å²) in [6.45, 7) is 5.97. The van der Waals surface area contributed by atoms with E-state index in [0.717, 1.165) is 6.07 Å². The van der Waals surface area contributed by atoms with E-state index in [9.17, 15) is 18.0 Å². The van der Waals surface area contributed by atoms with Crippen molar-refractivity contribution in [3.05, 3.63) is 36.0 Å². The summed E-state index contributed by atoms with van der Waals surface area (Å²) in [6.07, 6.45) is -2.48. The first-order chi connectivity index (χ1) is 9.31. The number of carboxylic acids is 1. The van der Waals surface area contributed by atoms with Crippen molar-refractivity contribution < 1.29 is 23.1 Å². The first-order valence-corrected chi connectivity index (χ1v) is 5.98. The Morgan fingerprint density at radius 3 is 2.60 bits per heavy atom. The highest BCUT2D eigenvalue weighted by atomic mass is 19.4. The number of carbonyl (C=O) groups is 1. The monoisotopic (exact) mass is 288 g/mol. The third-order valence-electron chi connectivity index (χ3n) is 2.54. The summed E-state index contributed by atoms with van der Waals surface area (Å²) >= 11 is 0. The molecule has 1 rings (SSSR count). The van der Waals surface area contributed by atoms with Crippen molar-refractivity contribution in [1.29, 1.82) is 0 Å². The Bertz CT molecular complexity index is 501. The summed E-state index contributed by atoms with van der Waals surface area (Å²) in [6, 6.07) is 1.60. The Balaban J connectivity index is 3.36. The van der Waals surface area contributed by atoms with Gasteiger partial charge < -0.3 is 10.0 Å². The van der Waals surface area contributed by atoms with Crippen LogP contribution in [-0.2, 0) is 6.18 Å². The molecule has 110 valence electrons. The van der Waals surface area contributed by atoms with Gasteiger partial charge in [0.05, 0.1) is 0 Å². The molecule has 0 saturated heterocycles. The number of alkyl halides is 3. The average molecular weight is 288 g/mol. The molecule has 0 aromatic carbocycles. The summed E-state index contributed by atoms with van der Waals surface area (Å²) in [5, 5.41) is 9.07. The predicted molar refractivity (Wildman–Crippen MR) is 68.9 cm³/mol. The Labute approximate surface area is 114 Å². The van der Waals surface area contributed by atoms with Gasteiger partial charge >= 0.3 is 12.1 Å². The molecule has 20 heavy (non-hydrogen) atoms. The van der Waals surface area contributed by atoms with E-state index in [2.05, 4.69) is 11.6 Å². The van der Waals surface area contributed by atoms with E-state index < -0.39 is 17.8 Å². The molecule has 0 unspecified atom stereocenters. The zero-order valence-corrected chi connectivity index (χ0v) is 10.9. The number of rotatable bonds is 6. The van der Waals surface area contributed by atoms with Crippen molar-refractivity contribution in [1.82, 2.24) is 4.98 Å². The lowest BCUT2D eigenvalue weighted by Crippen LogP contribution is -2.28. The predicted octanol–water partition coefficient (Wildman–Crippen LogP) is 3.20. The second-order valence-electron chi connectivity index (χ2n) is 4.11. The molecular formula is C13H15F3N2O2. The molecule has 0 aliphatic rings. The van der Waals surface area contributed by atoms with Gasteiger partial charge in [-0.15, -0.1) is 6.58 Å². The quantitative estimate of drug-likeness (QED) is 0.817. The second kappa shape index (κ2) is 6.40. The van der Waals surface area contributed by atoms with Crippen molar-refractivity contribution in [2.45, 2.75) is 19.5 Å². The molecule has 1 aromatic rings. The molecule has 1 N–H and O–H groups in total. The van der Waals surface area contributed by atoms with Gasteiger partial charge in [0.2, 0.25) is 0 Å². The fourth-order valence-corrected chi connectivity index (χ4v) is 1.72. The first kappa shape index (κ1) is 16.0. The van der Waals surface area contributed by atoms with Crippen LogP contribution in [0.2, 0.25) is 0 Å². The van der Waals surface area contributed by atoms with Crippen molar-refractivity contribution in [2.75, 3.05) is 18.0 Å². The van der Waals surface area contributed by atoms with Crippen LogP contribution in [0.25, 0.3) is 0 Å². The summed E-state index contributed by atoms with van der Waals surface area (Å²) in [5.74, 6) is -1.50. The number of aromatic carboxylic acids is 1.